The number of aryl methyl sites for hydroxylation is 1. The summed E-state index contributed by atoms with van der Waals surface area (Å²) in [6.45, 7) is 0.461. The van der Waals surface area contributed by atoms with Gasteiger partial charge in [0.2, 0.25) is 5.78 Å². The van der Waals surface area contributed by atoms with E-state index >= 15 is 0 Å². The first-order chi connectivity index (χ1) is 9.11. The molecule has 108 valence electrons. The number of anilines is 1. The molecule has 0 spiro atoms. The molecule has 1 N–H and O–H groups in total. The number of Topliss-reactive ketones (excluding diaryl/α,β-unsaturated/α-hetero) is 1. The van der Waals surface area contributed by atoms with Gasteiger partial charge in [-0.1, -0.05) is 6.07 Å². The minimum atomic E-state index is -5.12. The van der Waals surface area contributed by atoms with Gasteiger partial charge in [-0.05, 0) is 24.6 Å². The molecule has 1 aromatic rings. The van der Waals surface area contributed by atoms with Gasteiger partial charge < -0.3 is 5.32 Å². The Kier molecular flexibility index (Phi) is 4.43. The van der Waals surface area contributed by atoms with Crippen molar-refractivity contribution in [3.63, 3.8) is 0 Å². The van der Waals surface area contributed by atoms with Crippen LogP contribution in [-0.2, 0) is 4.79 Å². The third kappa shape index (κ3) is 4.04. The Labute approximate surface area is 110 Å². The lowest BCUT2D eigenvalue weighted by Crippen LogP contribution is -2.31. The zero-order chi connectivity index (χ0) is 15.5. The fourth-order valence-electron chi connectivity index (χ4n) is 1.40. The molecule has 0 atom stereocenters. The van der Waals surface area contributed by atoms with Crippen molar-refractivity contribution in [2.75, 3.05) is 11.9 Å². The van der Waals surface area contributed by atoms with Crippen molar-refractivity contribution in [2.24, 2.45) is 0 Å². The molecule has 0 aliphatic carbocycles. The molecule has 20 heavy (non-hydrogen) atoms. The van der Waals surface area contributed by atoms with E-state index in [2.05, 4.69) is 0 Å². The van der Waals surface area contributed by atoms with Crippen molar-refractivity contribution in [1.29, 1.82) is 0 Å². The second-order valence-corrected chi connectivity index (χ2v) is 3.91. The molecule has 0 fully saturated rings. The third-order valence-electron chi connectivity index (χ3n) is 2.25. The van der Waals surface area contributed by atoms with Gasteiger partial charge in [-0.15, -0.1) is 0 Å². The largest absolute Gasteiger partial charge is 0.471 e. The highest BCUT2D eigenvalue weighted by Gasteiger charge is 2.39. The molecule has 6 nitrogen and oxygen atoms in total. The Bertz CT molecular complexity index is 569. The molecular weight excluding hydrogens is 281 g/mol. The fourth-order valence-corrected chi connectivity index (χ4v) is 1.40. The highest BCUT2D eigenvalue weighted by atomic mass is 19.4. The predicted octanol–water partition coefficient (Wildman–Crippen LogP) is 1.96. The Morgan fingerprint density at radius 3 is 2.45 bits per heavy atom. The number of amides is 1. The maximum absolute atomic E-state index is 12.2. The van der Waals surface area contributed by atoms with E-state index in [1.807, 2.05) is 0 Å². The number of nitrogens with one attached hydrogen (secondary N) is 1. The topological polar surface area (TPSA) is 89.3 Å². The first-order valence-corrected chi connectivity index (χ1v) is 5.25. The normalized spacial score (nSPS) is 11.0. The molecule has 0 radical (unpaired) electrons. The number of hydrogen-bond acceptors (Lipinski definition) is 4. The van der Waals surface area contributed by atoms with Crippen LogP contribution in [0.5, 0.6) is 0 Å². The number of halogens is 3. The molecule has 1 amide bonds. The van der Waals surface area contributed by atoms with Gasteiger partial charge in [0.15, 0.2) is 0 Å². The number of carbonyl (C=O) groups is 2. The second kappa shape index (κ2) is 5.68. The molecule has 0 saturated heterocycles. The summed E-state index contributed by atoms with van der Waals surface area (Å²) in [5.74, 6) is -3.24. The van der Waals surface area contributed by atoms with Crippen molar-refractivity contribution < 1.29 is 27.7 Å². The molecule has 0 aromatic heterocycles. The monoisotopic (exact) mass is 290 g/mol. The van der Waals surface area contributed by atoms with Crippen molar-refractivity contribution in [2.45, 2.75) is 13.1 Å². The molecular formula is C11H9F3N2O4. The number of nitrogens with zero attached hydrogens (tertiary/aromatic N) is 1. The SMILES string of the molecule is Cc1ccc(C(=O)C[N+](=O)[O-])c(NC(=O)C(F)(F)F)c1. The van der Waals surface area contributed by atoms with E-state index in [1.165, 1.54) is 18.3 Å². The van der Waals surface area contributed by atoms with E-state index < -0.39 is 35.0 Å². The van der Waals surface area contributed by atoms with Crippen LogP contribution in [-0.4, -0.2) is 29.3 Å². The Hall–Kier alpha value is -2.45. The Morgan fingerprint density at radius 1 is 1.35 bits per heavy atom. The molecule has 0 heterocycles. The molecule has 0 saturated carbocycles. The van der Waals surface area contributed by atoms with Gasteiger partial charge in [0.25, 0.3) is 6.54 Å². The average molecular weight is 290 g/mol. The standard InChI is InChI=1S/C11H9F3N2O4/c1-6-2-3-7(9(17)5-16(19)20)8(4-6)15-10(18)11(12,13)14/h2-4H,5H2,1H3,(H,15,18). The summed E-state index contributed by atoms with van der Waals surface area (Å²) in [6, 6.07) is 3.67. The molecule has 0 bridgehead atoms. The average Bonchev–Trinajstić information content (AvgIpc) is 2.26. The number of alkyl halides is 3. The van der Waals surface area contributed by atoms with Gasteiger partial charge in [-0.25, -0.2) is 0 Å². The van der Waals surface area contributed by atoms with Crippen LogP contribution in [0.3, 0.4) is 0 Å². The van der Waals surface area contributed by atoms with Gasteiger partial charge in [0, 0.05) is 10.5 Å². The Balaban J connectivity index is 3.11. The van der Waals surface area contributed by atoms with Crippen LogP contribution in [0.15, 0.2) is 18.2 Å². The molecule has 0 unspecified atom stereocenters. The summed E-state index contributed by atoms with van der Waals surface area (Å²) < 4.78 is 36.5. The summed E-state index contributed by atoms with van der Waals surface area (Å²) in [5, 5.41) is 11.8. The van der Waals surface area contributed by atoms with Crippen LogP contribution in [0.25, 0.3) is 0 Å². The maximum atomic E-state index is 12.2. The molecule has 1 rings (SSSR count). The van der Waals surface area contributed by atoms with Crippen molar-refractivity contribution >= 4 is 17.4 Å². The van der Waals surface area contributed by atoms with Crippen LogP contribution < -0.4 is 5.32 Å². The molecule has 0 aliphatic rings. The fraction of sp³-hybridized carbons (Fsp3) is 0.273. The van der Waals surface area contributed by atoms with Crippen molar-refractivity contribution in [3.8, 4) is 0 Å². The first kappa shape index (κ1) is 15.6. The van der Waals surface area contributed by atoms with E-state index in [4.69, 9.17) is 0 Å². The van der Waals surface area contributed by atoms with Gasteiger partial charge >= 0.3 is 12.1 Å². The number of benzene rings is 1. The maximum Gasteiger partial charge on any atom is 0.471 e. The Morgan fingerprint density at radius 2 is 1.95 bits per heavy atom. The van der Waals surface area contributed by atoms with Crippen LogP contribution in [0, 0.1) is 17.0 Å². The number of ketones is 1. The lowest BCUT2D eigenvalue weighted by atomic mass is 10.1. The lowest BCUT2D eigenvalue weighted by molar-refractivity contribution is -0.465. The van der Waals surface area contributed by atoms with Gasteiger partial charge in [0.1, 0.15) is 0 Å². The van der Waals surface area contributed by atoms with Crippen molar-refractivity contribution in [3.05, 3.63) is 39.4 Å². The number of hydrogen-bond donors (Lipinski definition) is 1. The van der Waals surface area contributed by atoms with Crippen LogP contribution >= 0.6 is 0 Å². The smallest absolute Gasteiger partial charge is 0.318 e. The highest BCUT2D eigenvalue weighted by molar-refractivity contribution is 6.06. The summed E-state index contributed by atoms with van der Waals surface area (Å²) in [6.07, 6.45) is -5.12. The zero-order valence-corrected chi connectivity index (χ0v) is 10.2. The molecule has 0 aliphatic heterocycles. The van der Waals surface area contributed by atoms with Gasteiger partial charge in [0.05, 0.1) is 5.69 Å². The van der Waals surface area contributed by atoms with Crippen LogP contribution in [0.2, 0.25) is 0 Å². The zero-order valence-electron chi connectivity index (χ0n) is 10.2. The van der Waals surface area contributed by atoms with E-state index in [9.17, 15) is 32.9 Å². The summed E-state index contributed by atoms with van der Waals surface area (Å²) in [7, 11) is 0. The second-order valence-electron chi connectivity index (χ2n) is 3.91. The minimum absolute atomic E-state index is 0.343. The third-order valence-corrected chi connectivity index (χ3v) is 2.25. The summed E-state index contributed by atoms with van der Waals surface area (Å²) >= 11 is 0. The number of carbonyl (C=O) groups excluding carboxylic acids is 2. The van der Waals surface area contributed by atoms with Crippen molar-refractivity contribution in [1.82, 2.24) is 0 Å². The van der Waals surface area contributed by atoms with E-state index in [-0.39, 0.29) is 5.56 Å². The molecule has 9 heteroatoms. The lowest BCUT2D eigenvalue weighted by Gasteiger charge is -2.11. The summed E-state index contributed by atoms with van der Waals surface area (Å²) in [5.41, 5.74) is -0.260. The quantitative estimate of drug-likeness (QED) is 0.521. The van der Waals surface area contributed by atoms with E-state index in [1.54, 1.807) is 0 Å². The highest BCUT2D eigenvalue weighted by Crippen LogP contribution is 2.22. The summed E-state index contributed by atoms with van der Waals surface area (Å²) in [4.78, 5) is 31.8. The van der Waals surface area contributed by atoms with E-state index in [0.29, 0.717) is 5.56 Å². The van der Waals surface area contributed by atoms with Gasteiger partial charge in [-0.3, -0.25) is 19.7 Å². The van der Waals surface area contributed by atoms with Crippen LogP contribution in [0.4, 0.5) is 18.9 Å². The predicted molar refractivity (Wildman–Crippen MR) is 62.1 cm³/mol. The van der Waals surface area contributed by atoms with Gasteiger partial charge in [-0.2, -0.15) is 13.2 Å². The van der Waals surface area contributed by atoms with E-state index in [0.717, 1.165) is 12.1 Å². The number of nitro groups is 1. The number of rotatable bonds is 4. The minimum Gasteiger partial charge on any atom is -0.318 e. The van der Waals surface area contributed by atoms with Crippen LogP contribution in [0.1, 0.15) is 15.9 Å². The molecule has 1 aromatic carbocycles. The first-order valence-electron chi connectivity index (χ1n) is 5.25.